The molecule has 2 amide bonds. The molecule has 0 radical (unpaired) electrons. The summed E-state index contributed by atoms with van der Waals surface area (Å²) in [4.78, 5) is 32.8. The minimum atomic E-state index is -0.206. The molecule has 2 heterocycles. The van der Waals surface area contributed by atoms with Crippen LogP contribution in [-0.2, 0) is 17.8 Å². The Morgan fingerprint density at radius 2 is 1.94 bits per heavy atom. The number of pyridine rings is 1. The molecule has 8 nitrogen and oxygen atoms in total. The van der Waals surface area contributed by atoms with Crippen LogP contribution in [-0.4, -0.2) is 67.3 Å². The number of urea groups is 1. The molecule has 0 atom stereocenters. The maximum atomic E-state index is 13.1. The van der Waals surface area contributed by atoms with E-state index in [1.54, 1.807) is 18.1 Å². The average molecular weight is 451 g/mol. The molecule has 2 aromatic carbocycles. The van der Waals surface area contributed by atoms with Crippen LogP contribution in [0.2, 0.25) is 0 Å². The molecule has 0 saturated carbocycles. The van der Waals surface area contributed by atoms with Crippen LogP contribution in [0.1, 0.15) is 11.1 Å². The number of carbonyl (C=O) groups is 1. The standard InChI is InChI=1S/C25H30N4O4/c1-32-22-8-7-20-15-21(24(30)27-23(20)16-22)18-29(10-9-28-11-13-33-14-12-28)25(31)26-17-19-5-3-2-4-6-19/h2-8,15-16H,9-14,17-18H2,1H3,(H,26,31)(H,27,30). The fraction of sp³-hybridized carbons (Fsp3) is 0.360. The van der Waals surface area contributed by atoms with Gasteiger partial charge in [0, 0.05) is 44.4 Å². The van der Waals surface area contributed by atoms with Crippen molar-refractivity contribution < 1.29 is 14.3 Å². The molecule has 1 aliphatic rings. The van der Waals surface area contributed by atoms with Crippen molar-refractivity contribution >= 4 is 16.9 Å². The van der Waals surface area contributed by atoms with Crippen LogP contribution in [0.3, 0.4) is 0 Å². The second-order valence-electron chi connectivity index (χ2n) is 8.10. The molecule has 0 unspecified atom stereocenters. The van der Waals surface area contributed by atoms with Gasteiger partial charge in [-0.2, -0.15) is 0 Å². The Balaban J connectivity index is 1.50. The first-order chi connectivity index (χ1) is 16.1. The van der Waals surface area contributed by atoms with E-state index in [2.05, 4.69) is 15.2 Å². The number of aromatic amines is 1. The number of nitrogens with one attached hydrogen (secondary N) is 2. The van der Waals surface area contributed by atoms with Crippen LogP contribution in [0.25, 0.3) is 10.9 Å². The van der Waals surface area contributed by atoms with Crippen LogP contribution < -0.4 is 15.6 Å². The first-order valence-corrected chi connectivity index (χ1v) is 11.2. The molecule has 174 valence electrons. The summed E-state index contributed by atoms with van der Waals surface area (Å²) in [5.74, 6) is 0.679. The number of hydrogen-bond donors (Lipinski definition) is 2. The Labute approximate surface area is 193 Å². The van der Waals surface area contributed by atoms with Gasteiger partial charge < -0.3 is 24.7 Å². The second-order valence-corrected chi connectivity index (χ2v) is 8.10. The van der Waals surface area contributed by atoms with Crippen molar-refractivity contribution in [2.24, 2.45) is 0 Å². The zero-order chi connectivity index (χ0) is 23.0. The summed E-state index contributed by atoms with van der Waals surface area (Å²) in [6.07, 6.45) is 0. The first-order valence-electron chi connectivity index (χ1n) is 11.2. The maximum Gasteiger partial charge on any atom is 0.318 e. The van der Waals surface area contributed by atoms with Gasteiger partial charge in [0.05, 0.1) is 32.4 Å². The number of H-pyrrole nitrogens is 1. The van der Waals surface area contributed by atoms with Gasteiger partial charge in [0.1, 0.15) is 5.75 Å². The number of ether oxygens (including phenoxy) is 2. The first kappa shape index (κ1) is 22.8. The van der Waals surface area contributed by atoms with Crippen LogP contribution in [0.5, 0.6) is 5.75 Å². The van der Waals surface area contributed by atoms with E-state index >= 15 is 0 Å². The predicted octanol–water partition coefficient (Wildman–Crippen LogP) is 2.58. The van der Waals surface area contributed by atoms with Gasteiger partial charge in [-0.25, -0.2) is 4.79 Å². The predicted molar refractivity (Wildman–Crippen MR) is 127 cm³/mol. The minimum absolute atomic E-state index is 0.193. The average Bonchev–Trinajstić information content (AvgIpc) is 2.86. The van der Waals surface area contributed by atoms with Gasteiger partial charge in [0.25, 0.3) is 5.56 Å². The summed E-state index contributed by atoms with van der Waals surface area (Å²) in [5, 5.41) is 3.89. The largest absolute Gasteiger partial charge is 0.497 e. The summed E-state index contributed by atoms with van der Waals surface area (Å²) in [6, 6.07) is 17.0. The lowest BCUT2D eigenvalue weighted by atomic mass is 10.1. The van der Waals surface area contributed by atoms with Crippen LogP contribution >= 0.6 is 0 Å². The highest BCUT2D eigenvalue weighted by Gasteiger charge is 2.18. The zero-order valence-electron chi connectivity index (χ0n) is 18.9. The molecule has 1 saturated heterocycles. The summed E-state index contributed by atoms with van der Waals surface area (Å²) in [7, 11) is 1.59. The van der Waals surface area contributed by atoms with E-state index in [1.165, 1.54) is 0 Å². The molecule has 2 N–H and O–H groups in total. The number of morpholine rings is 1. The van der Waals surface area contributed by atoms with E-state index in [0.29, 0.717) is 43.1 Å². The molecular weight excluding hydrogens is 420 g/mol. The van der Waals surface area contributed by atoms with E-state index in [4.69, 9.17) is 9.47 Å². The fourth-order valence-corrected chi connectivity index (χ4v) is 3.90. The summed E-state index contributed by atoms with van der Waals surface area (Å²) < 4.78 is 10.7. The number of benzene rings is 2. The van der Waals surface area contributed by atoms with Crippen molar-refractivity contribution in [2.75, 3.05) is 46.5 Å². The molecule has 8 heteroatoms. The third kappa shape index (κ3) is 6.12. The van der Waals surface area contributed by atoms with Crippen LogP contribution in [0, 0.1) is 0 Å². The fourth-order valence-electron chi connectivity index (χ4n) is 3.90. The second kappa shape index (κ2) is 11.0. The van der Waals surface area contributed by atoms with Crippen molar-refractivity contribution in [3.8, 4) is 5.75 Å². The monoisotopic (exact) mass is 450 g/mol. The third-order valence-electron chi connectivity index (χ3n) is 5.85. The Hall–Kier alpha value is -3.36. The molecule has 4 rings (SSSR count). The van der Waals surface area contributed by atoms with Crippen LogP contribution in [0.15, 0.2) is 59.4 Å². The van der Waals surface area contributed by atoms with Gasteiger partial charge in [-0.15, -0.1) is 0 Å². The normalized spacial score (nSPS) is 14.2. The van der Waals surface area contributed by atoms with E-state index < -0.39 is 0 Å². The van der Waals surface area contributed by atoms with Gasteiger partial charge in [0.2, 0.25) is 0 Å². The number of fused-ring (bicyclic) bond motifs is 1. The van der Waals surface area contributed by atoms with Crippen molar-refractivity contribution in [2.45, 2.75) is 13.1 Å². The van der Waals surface area contributed by atoms with Gasteiger partial charge in [-0.1, -0.05) is 30.3 Å². The topological polar surface area (TPSA) is 86.9 Å². The SMILES string of the molecule is COc1ccc2cc(CN(CCN3CCOCC3)C(=O)NCc3ccccc3)c(=O)[nH]c2c1. The van der Waals surface area contributed by atoms with Crippen molar-refractivity contribution in [3.63, 3.8) is 0 Å². The number of methoxy groups -OCH3 is 1. The van der Waals surface area contributed by atoms with Gasteiger partial charge in [-0.3, -0.25) is 9.69 Å². The Morgan fingerprint density at radius 3 is 2.70 bits per heavy atom. The summed E-state index contributed by atoms with van der Waals surface area (Å²) >= 11 is 0. The summed E-state index contributed by atoms with van der Waals surface area (Å²) in [6.45, 7) is 4.99. The lowest BCUT2D eigenvalue weighted by molar-refractivity contribution is 0.0346. The van der Waals surface area contributed by atoms with E-state index in [1.807, 2.05) is 48.5 Å². The third-order valence-corrected chi connectivity index (χ3v) is 5.85. The Kier molecular flexibility index (Phi) is 7.59. The highest BCUT2D eigenvalue weighted by Crippen LogP contribution is 2.19. The Bertz CT molecular complexity index is 1130. The molecule has 1 aliphatic heterocycles. The quantitative estimate of drug-likeness (QED) is 0.551. The van der Waals surface area contributed by atoms with Crippen molar-refractivity contribution in [3.05, 3.63) is 76.1 Å². The highest BCUT2D eigenvalue weighted by molar-refractivity contribution is 5.80. The minimum Gasteiger partial charge on any atom is -0.497 e. The lowest BCUT2D eigenvalue weighted by Crippen LogP contribution is -2.46. The molecular formula is C25H30N4O4. The van der Waals surface area contributed by atoms with Crippen LogP contribution in [0.4, 0.5) is 4.79 Å². The molecule has 1 fully saturated rings. The van der Waals surface area contributed by atoms with Gasteiger partial charge in [0.15, 0.2) is 0 Å². The molecule has 0 spiro atoms. The number of rotatable bonds is 8. The van der Waals surface area contributed by atoms with E-state index in [9.17, 15) is 9.59 Å². The number of hydrogen-bond acceptors (Lipinski definition) is 5. The van der Waals surface area contributed by atoms with Gasteiger partial charge in [-0.05, 0) is 29.1 Å². The number of amides is 2. The number of carbonyl (C=O) groups excluding carboxylic acids is 1. The number of aromatic nitrogens is 1. The van der Waals surface area contributed by atoms with E-state index in [0.717, 1.165) is 30.6 Å². The van der Waals surface area contributed by atoms with Crippen molar-refractivity contribution in [1.82, 2.24) is 20.1 Å². The van der Waals surface area contributed by atoms with Crippen molar-refractivity contribution in [1.29, 1.82) is 0 Å². The summed E-state index contributed by atoms with van der Waals surface area (Å²) in [5.41, 5.74) is 2.07. The molecule has 0 aliphatic carbocycles. The number of nitrogens with zero attached hydrogens (tertiary/aromatic N) is 2. The lowest BCUT2D eigenvalue weighted by Gasteiger charge is -2.30. The Morgan fingerprint density at radius 1 is 1.15 bits per heavy atom. The molecule has 0 bridgehead atoms. The smallest absolute Gasteiger partial charge is 0.318 e. The van der Waals surface area contributed by atoms with E-state index in [-0.39, 0.29) is 18.1 Å². The molecule has 1 aromatic heterocycles. The highest BCUT2D eigenvalue weighted by atomic mass is 16.5. The molecule has 33 heavy (non-hydrogen) atoms. The van der Waals surface area contributed by atoms with Gasteiger partial charge >= 0.3 is 6.03 Å². The molecule has 3 aromatic rings. The maximum absolute atomic E-state index is 13.1. The zero-order valence-corrected chi connectivity index (χ0v) is 18.9.